The Kier molecular flexibility index (Phi) is 5.38. The van der Waals surface area contributed by atoms with Crippen LogP contribution in [0.3, 0.4) is 0 Å². The second-order valence-corrected chi connectivity index (χ2v) is 4.85. The number of hydrogen-bond acceptors (Lipinski definition) is 5. The molecule has 5 nitrogen and oxygen atoms in total. The van der Waals surface area contributed by atoms with Crippen LogP contribution in [0.25, 0.3) is 11.4 Å². The number of nitrogens with one attached hydrogen (secondary N) is 1. The number of aromatic nitrogens is 3. The minimum Gasteiger partial charge on any atom is -0.383 e. The summed E-state index contributed by atoms with van der Waals surface area (Å²) in [5, 5.41) is 3.25. The van der Waals surface area contributed by atoms with Gasteiger partial charge in [0.1, 0.15) is 0 Å². The van der Waals surface area contributed by atoms with Gasteiger partial charge in [-0.3, -0.25) is 4.98 Å². The molecule has 0 atom stereocenters. The first-order valence-corrected chi connectivity index (χ1v) is 6.71. The van der Waals surface area contributed by atoms with E-state index in [9.17, 15) is 0 Å². The average molecular weight is 323 g/mol. The normalized spacial score (nSPS) is 10.6. The molecule has 0 radical (unpaired) electrons. The molecule has 100 valence electrons. The van der Waals surface area contributed by atoms with E-state index >= 15 is 0 Å². The molecule has 0 fully saturated rings. The average Bonchev–Trinajstić information content (AvgIpc) is 2.44. The molecule has 6 heteroatoms. The van der Waals surface area contributed by atoms with Crippen LogP contribution < -0.4 is 5.32 Å². The topological polar surface area (TPSA) is 59.9 Å². The van der Waals surface area contributed by atoms with E-state index in [0.29, 0.717) is 19.0 Å². The van der Waals surface area contributed by atoms with E-state index in [-0.39, 0.29) is 0 Å². The third kappa shape index (κ3) is 4.34. The zero-order valence-corrected chi connectivity index (χ0v) is 12.2. The van der Waals surface area contributed by atoms with Crippen molar-refractivity contribution in [2.45, 2.75) is 6.54 Å². The molecule has 0 amide bonds. The van der Waals surface area contributed by atoms with Gasteiger partial charge in [0.25, 0.3) is 0 Å². The van der Waals surface area contributed by atoms with Gasteiger partial charge in [0.2, 0.25) is 0 Å². The van der Waals surface area contributed by atoms with Crippen molar-refractivity contribution in [2.75, 3.05) is 20.3 Å². The molecule has 19 heavy (non-hydrogen) atoms. The highest BCUT2D eigenvalue weighted by molar-refractivity contribution is 9.10. The summed E-state index contributed by atoms with van der Waals surface area (Å²) in [4.78, 5) is 12.9. The Morgan fingerprint density at radius 2 is 2.26 bits per heavy atom. The maximum Gasteiger partial charge on any atom is 0.161 e. The van der Waals surface area contributed by atoms with E-state index in [1.165, 1.54) is 0 Å². The van der Waals surface area contributed by atoms with Crippen molar-refractivity contribution in [2.24, 2.45) is 0 Å². The van der Waals surface area contributed by atoms with Crippen molar-refractivity contribution in [3.63, 3.8) is 0 Å². The number of halogens is 1. The smallest absolute Gasteiger partial charge is 0.161 e. The van der Waals surface area contributed by atoms with Crippen LogP contribution in [0.2, 0.25) is 0 Å². The largest absolute Gasteiger partial charge is 0.383 e. The molecule has 0 saturated carbocycles. The Balaban J connectivity index is 2.06. The second-order valence-electron chi connectivity index (χ2n) is 3.93. The molecule has 2 rings (SSSR count). The lowest BCUT2D eigenvalue weighted by Crippen LogP contribution is -2.19. The summed E-state index contributed by atoms with van der Waals surface area (Å²) in [6.45, 7) is 2.18. The molecular weight excluding hydrogens is 308 g/mol. The van der Waals surface area contributed by atoms with Gasteiger partial charge in [0.15, 0.2) is 5.82 Å². The van der Waals surface area contributed by atoms with Crippen LogP contribution in [-0.4, -0.2) is 35.2 Å². The summed E-state index contributed by atoms with van der Waals surface area (Å²) in [6, 6.07) is 3.85. The van der Waals surface area contributed by atoms with Crippen molar-refractivity contribution in [3.8, 4) is 11.4 Å². The van der Waals surface area contributed by atoms with Gasteiger partial charge in [-0.1, -0.05) is 0 Å². The third-order valence-electron chi connectivity index (χ3n) is 2.47. The van der Waals surface area contributed by atoms with Crippen molar-refractivity contribution < 1.29 is 4.74 Å². The number of methoxy groups -OCH3 is 1. The Hall–Kier alpha value is -1.37. The van der Waals surface area contributed by atoms with Gasteiger partial charge in [-0.2, -0.15) is 0 Å². The molecule has 0 aromatic carbocycles. The fraction of sp³-hybridized carbons (Fsp3) is 0.308. The summed E-state index contributed by atoms with van der Waals surface area (Å²) >= 11 is 3.39. The highest BCUT2D eigenvalue weighted by Crippen LogP contribution is 2.18. The summed E-state index contributed by atoms with van der Waals surface area (Å²) in [5.41, 5.74) is 1.84. The van der Waals surface area contributed by atoms with E-state index in [4.69, 9.17) is 4.74 Å². The van der Waals surface area contributed by atoms with Gasteiger partial charge in [-0.05, 0) is 28.1 Å². The number of ether oxygens (including phenoxy) is 1. The van der Waals surface area contributed by atoms with Gasteiger partial charge >= 0.3 is 0 Å². The van der Waals surface area contributed by atoms with Gasteiger partial charge < -0.3 is 10.1 Å². The monoisotopic (exact) mass is 322 g/mol. The van der Waals surface area contributed by atoms with Crippen molar-refractivity contribution >= 4 is 15.9 Å². The molecule has 2 heterocycles. The molecular formula is C13H15BrN4O. The Bertz CT molecular complexity index is 536. The van der Waals surface area contributed by atoms with Gasteiger partial charge in [0.05, 0.1) is 12.3 Å². The van der Waals surface area contributed by atoms with Crippen LogP contribution in [0.5, 0.6) is 0 Å². The minimum atomic E-state index is 0.680. The molecule has 0 aliphatic heterocycles. The Labute approximate surface area is 120 Å². The molecule has 0 unspecified atom stereocenters. The summed E-state index contributed by atoms with van der Waals surface area (Å²) in [7, 11) is 1.69. The first-order chi connectivity index (χ1) is 9.29. The molecule has 0 aliphatic rings. The van der Waals surface area contributed by atoms with E-state index in [1.54, 1.807) is 25.7 Å². The standard InChI is InChI=1S/C13H15BrN4O/c1-19-5-4-15-9-12-2-3-17-13(18-12)10-6-11(14)8-16-7-10/h2-3,6-8,15H,4-5,9H2,1H3. The minimum absolute atomic E-state index is 0.680. The highest BCUT2D eigenvalue weighted by Gasteiger charge is 2.03. The first kappa shape index (κ1) is 14.0. The quantitative estimate of drug-likeness (QED) is 0.825. The van der Waals surface area contributed by atoms with E-state index < -0.39 is 0 Å². The number of nitrogens with zero attached hydrogens (tertiary/aromatic N) is 3. The van der Waals surface area contributed by atoms with Crippen LogP contribution in [0.15, 0.2) is 35.2 Å². The predicted molar refractivity (Wildman–Crippen MR) is 76.5 cm³/mol. The van der Waals surface area contributed by atoms with Gasteiger partial charge in [-0.15, -0.1) is 0 Å². The predicted octanol–water partition coefficient (Wildman–Crippen LogP) is 2.04. The molecule has 0 spiro atoms. The van der Waals surface area contributed by atoms with Crippen LogP contribution in [0, 0.1) is 0 Å². The molecule has 2 aromatic rings. The maximum atomic E-state index is 4.98. The van der Waals surface area contributed by atoms with Gasteiger partial charge in [-0.25, -0.2) is 9.97 Å². The summed E-state index contributed by atoms with van der Waals surface area (Å²) < 4.78 is 5.89. The maximum absolute atomic E-state index is 4.98. The summed E-state index contributed by atoms with van der Waals surface area (Å²) in [6.07, 6.45) is 5.25. The Morgan fingerprint density at radius 3 is 3.05 bits per heavy atom. The first-order valence-electron chi connectivity index (χ1n) is 5.92. The lowest BCUT2D eigenvalue weighted by atomic mass is 10.2. The van der Waals surface area contributed by atoms with E-state index in [2.05, 4.69) is 36.2 Å². The molecule has 0 saturated heterocycles. The molecule has 0 aliphatic carbocycles. The molecule has 0 bridgehead atoms. The number of rotatable bonds is 6. The SMILES string of the molecule is COCCNCc1ccnc(-c2cncc(Br)c2)n1. The zero-order chi connectivity index (χ0) is 13.5. The fourth-order valence-electron chi connectivity index (χ4n) is 1.56. The fourth-order valence-corrected chi connectivity index (χ4v) is 1.92. The van der Waals surface area contributed by atoms with Crippen LogP contribution >= 0.6 is 15.9 Å². The number of pyridine rings is 1. The van der Waals surface area contributed by atoms with Crippen molar-refractivity contribution in [1.29, 1.82) is 0 Å². The lowest BCUT2D eigenvalue weighted by Gasteiger charge is -2.05. The van der Waals surface area contributed by atoms with Gasteiger partial charge in [0, 0.05) is 48.8 Å². The second kappa shape index (κ2) is 7.28. The van der Waals surface area contributed by atoms with E-state index in [1.807, 2.05) is 12.1 Å². The zero-order valence-electron chi connectivity index (χ0n) is 10.6. The Morgan fingerprint density at radius 1 is 1.37 bits per heavy atom. The van der Waals surface area contributed by atoms with E-state index in [0.717, 1.165) is 22.3 Å². The van der Waals surface area contributed by atoms with Crippen LogP contribution in [0.1, 0.15) is 5.69 Å². The summed E-state index contributed by atoms with van der Waals surface area (Å²) in [5.74, 6) is 0.680. The lowest BCUT2D eigenvalue weighted by molar-refractivity contribution is 0.199. The van der Waals surface area contributed by atoms with Crippen LogP contribution in [-0.2, 0) is 11.3 Å². The third-order valence-corrected chi connectivity index (χ3v) is 2.90. The number of hydrogen-bond donors (Lipinski definition) is 1. The molecule has 1 N–H and O–H groups in total. The van der Waals surface area contributed by atoms with Crippen LogP contribution in [0.4, 0.5) is 0 Å². The highest BCUT2D eigenvalue weighted by atomic mass is 79.9. The van der Waals surface area contributed by atoms with Crippen molar-refractivity contribution in [1.82, 2.24) is 20.3 Å². The van der Waals surface area contributed by atoms with Crippen molar-refractivity contribution in [3.05, 3.63) is 40.9 Å². The molecule has 2 aromatic heterocycles.